The van der Waals surface area contributed by atoms with E-state index in [0.717, 1.165) is 34.3 Å². The van der Waals surface area contributed by atoms with Gasteiger partial charge in [-0.3, -0.25) is 9.78 Å². The molecule has 2 aromatic carbocycles. The van der Waals surface area contributed by atoms with Crippen LogP contribution >= 0.6 is 0 Å². The van der Waals surface area contributed by atoms with Gasteiger partial charge in [-0.25, -0.2) is 5.43 Å². The first kappa shape index (κ1) is 22.3. The molecule has 4 aromatic rings. The van der Waals surface area contributed by atoms with Gasteiger partial charge in [0.1, 0.15) is 11.3 Å². The fourth-order valence-electron chi connectivity index (χ4n) is 4.13. The van der Waals surface area contributed by atoms with Crippen molar-refractivity contribution in [3.8, 4) is 11.4 Å². The highest BCUT2D eigenvalue weighted by Crippen LogP contribution is 2.26. The summed E-state index contributed by atoms with van der Waals surface area (Å²) < 4.78 is 7.93. The Morgan fingerprint density at radius 2 is 1.91 bits per heavy atom. The molecular formula is C27H28N4O2. The number of carbonyl (C=O) groups excluding carboxylic acids is 1. The normalized spacial score (nSPS) is 11.3. The maximum atomic E-state index is 12.3. The highest BCUT2D eigenvalue weighted by molar-refractivity contribution is 5.86. The van der Waals surface area contributed by atoms with Crippen LogP contribution in [0.15, 0.2) is 65.9 Å². The smallest absolute Gasteiger partial charge is 0.277 e. The highest BCUT2D eigenvalue weighted by Gasteiger charge is 2.14. The van der Waals surface area contributed by atoms with E-state index in [9.17, 15) is 4.79 Å². The summed E-state index contributed by atoms with van der Waals surface area (Å²) in [5.74, 6) is 0.237. The fourth-order valence-corrected chi connectivity index (χ4v) is 4.13. The summed E-state index contributed by atoms with van der Waals surface area (Å²) in [7, 11) is 0. The third kappa shape index (κ3) is 4.65. The summed E-state index contributed by atoms with van der Waals surface area (Å²) in [4.78, 5) is 16.6. The number of fused-ring (bicyclic) bond motifs is 1. The molecule has 168 valence electrons. The molecule has 0 radical (unpaired) electrons. The van der Waals surface area contributed by atoms with Gasteiger partial charge in [0.05, 0.1) is 11.9 Å². The Hall–Kier alpha value is -3.93. The lowest BCUT2D eigenvalue weighted by Gasteiger charge is -2.17. The molecule has 4 rings (SSSR count). The number of aryl methyl sites for hydroxylation is 3. The summed E-state index contributed by atoms with van der Waals surface area (Å²) in [6.07, 6.45) is 4.34. The number of para-hydroxylation sites is 2. The van der Waals surface area contributed by atoms with Crippen molar-refractivity contribution >= 4 is 23.0 Å². The number of hydrazone groups is 1. The predicted molar refractivity (Wildman–Crippen MR) is 132 cm³/mol. The van der Waals surface area contributed by atoms with Gasteiger partial charge in [0.25, 0.3) is 5.91 Å². The van der Waals surface area contributed by atoms with Crippen molar-refractivity contribution in [2.75, 3.05) is 6.61 Å². The standard InChI is InChI=1S/C27H28N4O2/c1-5-21-10-6-9-18(2)27(21)31-19(3)15-23(20(31)4)16-29-30-25(32)17-33-24-13-7-11-22-12-8-14-28-26(22)24/h6-16H,5,17H2,1-4H3,(H,30,32)/b29-16-. The first-order valence-electron chi connectivity index (χ1n) is 11.1. The average molecular weight is 441 g/mol. The molecule has 1 amide bonds. The van der Waals surface area contributed by atoms with E-state index in [2.05, 4.69) is 72.0 Å². The minimum absolute atomic E-state index is 0.144. The van der Waals surface area contributed by atoms with Crippen molar-refractivity contribution in [3.05, 3.63) is 88.9 Å². The minimum atomic E-state index is -0.333. The quantitative estimate of drug-likeness (QED) is 0.323. The Balaban J connectivity index is 1.45. The van der Waals surface area contributed by atoms with Crippen LogP contribution in [-0.4, -0.2) is 28.3 Å². The van der Waals surface area contributed by atoms with Crippen LogP contribution in [0.3, 0.4) is 0 Å². The highest BCUT2D eigenvalue weighted by atomic mass is 16.5. The van der Waals surface area contributed by atoms with Gasteiger partial charge in [-0.2, -0.15) is 5.10 Å². The Morgan fingerprint density at radius 3 is 2.73 bits per heavy atom. The molecule has 0 saturated heterocycles. The molecule has 0 spiro atoms. The van der Waals surface area contributed by atoms with Crippen molar-refractivity contribution in [1.82, 2.24) is 15.0 Å². The Kier molecular flexibility index (Phi) is 6.54. The molecule has 6 nitrogen and oxygen atoms in total. The van der Waals surface area contributed by atoms with Crippen LogP contribution in [0.5, 0.6) is 5.75 Å². The van der Waals surface area contributed by atoms with Crippen molar-refractivity contribution in [2.45, 2.75) is 34.1 Å². The molecule has 33 heavy (non-hydrogen) atoms. The van der Waals surface area contributed by atoms with Crippen molar-refractivity contribution in [3.63, 3.8) is 0 Å². The molecule has 0 fully saturated rings. The van der Waals surface area contributed by atoms with Crippen LogP contribution in [0.25, 0.3) is 16.6 Å². The topological polar surface area (TPSA) is 68.5 Å². The van der Waals surface area contributed by atoms with Gasteiger partial charge in [0.2, 0.25) is 0 Å². The van der Waals surface area contributed by atoms with Crippen LogP contribution in [0.4, 0.5) is 0 Å². The van der Waals surface area contributed by atoms with Crippen LogP contribution in [0.2, 0.25) is 0 Å². The first-order valence-corrected chi connectivity index (χ1v) is 11.1. The summed E-state index contributed by atoms with van der Waals surface area (Å²) >= 11 is 0. The van der Waals surface area contributed by atoms with Gasteiger partial charge in [-0.1, -0.05) is 43.3 Å². The molecule has 2 heterocycles. The van der Waals surface area contributed by atoms with Gasteiger partial charge in [-0.15, -0.1) is 0 Å². The zero-order valence-corrected chi connectivity index (χ0v) is 19.4. The fraction of sp³-hybridized carbons (Fsp3) is 0.222. The predicted octanol–water partition coefficient (Wildman–Crippen LogP) is 5.04. The van der Waals surface area contributed by atoms with E-state index in [1.807, 2.05) is 24.3 Å². The molecule has 0 aliphatic carbocycles. The second-order valence-corrected chi connectivity index (χ2v) is 8.01. The molecule has 2 aromatic heterocycles. The lowest BCUT2D eigenvalue weighted by molar-refractivity contribution is -0.123. The molecule has 1 N–H and O–H groups in total. The molecular weight excluding hydrogens is 412 g/mol. The van der Waals surface area contributed by atoms with Crippen molar-refractivity contribution < 1.29 is 9.53 Å². The summed E-state index contributed by atoms with van der Waals surface area (Å²) in [6, 6.07) is 17.9. The van der Waals surface area contributed by atoms with Crippen molar-refractivity contribution in [2.24, 2.45) is 5.10 Å². The minimum Gasteiger partial charge on any atom is -0.481 e. The summed E-state index contributed by atoms with van der Waals surface area (Å²) in [5, 5.41) is 5.12. The first-order chi connectivity index (χ1) is 16.0. The number of ether oxygens (including phenoxy) is 1. The molecule has 0 unspecified atom stereocenters. The van der Waals surface area contributed by atoms with Crippen LogP contribution in [0.1, 0.15) is 35.0 Å². The number of rotatable bonds is 7. The van der Waals surface area contributed by atoms with Gasteiger partial charge < -0.3 is 9.30 Å². The van der Waals surface area contributed by atoms with E-state index < -0.39 is 0 Å². The number of nitrogens with zero attached hydrogens (tertiary/aromatic N) is 3. The lowest BCUT2D eigenvalue weighted by atomic mass is 10.1. The number of pyridine rings is 1. The number of amides is 1. The van der Waals surface area contributed by atoms with Crippen LogP contribution < -0.4 is 10.2 Å². The molecule has 0 aliphatic heterocycles. The molecule has 0 saturated carbocycles. The van der Waals surface area contributed by atoms with Gasteiger partial charge >= 0.3 is 0 Å². The third-order valence-electron chi connectivity index (χ3n) is 5.74. The van der Waals surface area contributed by atoms with E-state index in [4.69, 9.17) is 4.74 Å². The largest absolute Gasteiger partial charge is 0.481 e. The van der Waals surface area contributed by atoms with E-state index in [0.29, 0.717) is 5.75 Å². The SMILES string of the molecule is CCc1cccc(C)c1-n1c(C)cc(/C=N\NC(=O)COc2cccc3cccnc23)c1C. The zero-order valence-electron chi connectivity index (χ0n) is 19.4. The Morgan fingerprint density at radius 1 is 1.12 bits per heavy atom. The average Bonchev–Trinajstić information content (AvgIpc) is 3.10. The Labute approximate surface area is 193 Å². The molecule has 6 heteroatoms. The Bertz CT molecular complexity index is 1330. The third-order valence-corrected chi connectivity index (χ3v) is 5.74. The number of hydrogen-bond donors (Lipinski definition) is 1. The number of nitrogens with one attached hydrogen (secondary N) is 1. The maximum absolute atomic E-state index is 12.3. The number of carbonyl (C=O) groups is 1. The number of aromatic nitrogens is 2. The van der Waals surface area contributed by atoms with Gasteiger partial charge in [0, 0.05) is 28.5 Å². The number of hydrogen-bond acceptors (Lipinski definition) is 4. The number of benzene rings is 2. The van der Waals surface area contributed by atoms with E-state index >= 15 is 0 Å². The maximum Gasteiger partial charge on any atom is 0.277 e. The second-order valence-electron chi connectivity index (χ2n) is 8.01. The zero-order chi connectivity index (χ0) is 23.4. The second kappa shape index (κ2) is 9.69. The van der Waals surface area contributed by atoms with Gasteiger partial charge in [-0.05, 0) is 56.5 Å². The van der Waals surface area contributed by atoms with Crippen molar-refractivity contribution in [1.29, 1.82) is 0 Å². The molecule has 0 atom stereocenters. The van der Waals surface area contributed by atoms with E-state index in [-0.39, 0.29) is 12.5 Å². The summed E-state index contributed by atoms with van der Waals surface area (Å²) in [5.41, 5.74) is 10.2. The van der Waals surface area contributed by atoms with Crippen LogP contribution in [0, 0.1) is 20.8 Å². The summed E-state index contributed by atoms with van der Waals surface area (Å²) in [6.45, 7) is 8.31. The van der Waals surface area contributed by atoms with Gasteiger partial charge in [0.15, 0.2) is 6.61 Å². The van der Waals surface area contributed by atoms with E-state index in [1.54, 1.807) is 18.5 Å². The monoisotopic (exact) mass is 440 g/mol. The van der Waals surface area contributed by atoms with E-state index in [1.165, 1.54) is 16.8 Å². The molecule has 0 bridgehead atoms. The van der Waals surface area contributed by atoms with Crippen LogP contribution in [-0.2, 0) is 11.2 Å². The lowest BCUT2D eigenvalue weighted by Crippen LogP contribution is -2.24. The molecule has 0 aliphatic rings.